The highest BCUT2D eigenvalue weighted by Gasteiger charge is 2.19. The van der Waals surface area contributed by atoms with Crippen LogP contribution in [0.3, 0.4) is 0 Å². The average molecular weight is 307 g/mol. The van der Waals surface area contributed by atoms with Crippen molar-refractivity contribution in [3.63, 3.8) is 0 Å². The molecule has 0 bridgehead atoms. The Morgan fingerprint density at radius 3 is 2.70 bits per heavy atom. The highest BCUT2D eigenvalue weighted by molar-refractivity contribution is 5.84. The summed E-state index contributed by atoms with van der Waals surface area (Å²) in [4.78, 5) is 15.1. The van der Waals surface area contributed by atoms with Crippen LogP contribution in [0.1, 0.15) is 12.8 Å². The molecular formula is C17H17N5O. The van der Waals surface area contributed by atoms with Gasteiger partial charge in [0, 0.05) is 24.7 Å². The number of ether oxygens (including phenoxy) is 1. The van der Waals surface area contributed by atoms with Crippen molar-refractivity contribution in [3.05, 3.63) is 42.9 Å². The predicted octanol–water partition coefficient (Wildman–Crippen LogP) is 3.00. The molecule has 116 valence electrons. The summed E-state index contributed by atoms with van der Waals surface area (Å²) < 4.78 is 5.96. The van der Waals surface area contributed by atoms with E-state index in [4.69, 9.17) is 10.5 Å². The lowest BCUT2D eigenvalue weighted by Gasteiger charge is -2.19. The molecule has 0 aliphatic carbocycles. The molecule has 0 saturated carbocycles. The van der Waals surface area contributed by atoms with Crippen molar-refractivity contribution < 1.29 is 4.74 Å². The second kappa shape index (κ2) is 5.72. The Kier molecular flexibility index (Phi) is 3.42. The number of aromatic nitrogens is 3. The Labute approximate surface area is 133 Å². The van der Waals surface area contributed by atoms with Crippen LogP contribution in [-0.4, -0.2) is 28.0 Å². The molecule has 0 amide bonds. The number of fused-ring (bicyclic) bond motifs is 1. The average Bonchev–Trinajstić information content (AvgIpc) is 3.11. The van der Waals surface area contributed by atoms with E-state index in [1.165, 1.54) is 6.33 Å². The highest BCUT2D eigenvalue weighted by atomic mass is 16.5. The Hall–Kier alpha value is -2.89. The molecule has 0 atom stereocenters. The summed E-state index contributed by atoms with van der Waals surface area (Å²) >= 11 is 0. The van der Waals surface area contributed by atoms with Crippen molar-refractivity contribution in [3.8, 4) is 11.6 Å². The molecule has 1 aromatic carbocycles. The standard InChI is InChI=1S/C17H17N5O/c18-14-16(22-9-1-2-10-22)20-11-21-17(14)23-13-7-3-5-12-6-4-8-19-15(12)13/h3-8,11H,1-2,9-10,18H2. The van der Waals surface area contributed by atoms with Gasteiger partial charge in [0.25, 0.3) is 0 Å². The largest absolute Gasteiger partial charge is 0.435 e. The maximum atomic E-state index is 6.24. The van der Waals surface area contributed by atoms with Crippen LogP contribution in [0.2, 0.25) is 0 Å². The van der Waals surface area contributed by atoms with Crippen LogP contribution in [0, 0.1) is 0 Å². The summed E-state index contributed by atoms with van der Waals surface area (Å²) in [5, 5.41) is 1.01. The summed E-state index contributed by atoms with van der Waals surface area (Å²) in [7, 11) is 0. The minimum Gasteiger partial charge on any atom is -0.435 e. The van der Waals surface area contributed by atoms with Gasteiger partial charge in [-0.1, -0.05) is 18.2 Å². The van der Waals surface area contributed by atoms with E-state index in [0.29, 0.717) is 17.3 Å². The highest BCUT2D eigenvalue weighted by Crippen LogP contribution is 2.34. The van der Waals surface area contributed by atoms with Gasteiger partial charge in [-0.25, -0.2) is 4.98 Å². The van der Waals surface area contributed by atoms with Gasteiger partial charge in [0.15, 0.2) is 11.6 Å². The summed E-state index contributed by atoms with van der Waals surface area (Å²) in [6.45, 7) is 1.94. The molecule has 6 heteroatoms. The third-order valence-corrected chi connectivity index (χ3v) is 4.03. The fraction of sp³-hybridized carbons (Fsp3) is 0.235. The number of nitrogen functional groups attached to an aromatic ring is 1. The summed E-state index contributed by atoms with van der Waals surface area (Å²) in [5.41, 5.74) is 7.51. The molecule has 6 nitrogen and oxygen atoms in total. The quantitative estimate of drug-likeness (QED) is 0.801. The van der Waals surface area contributed by atoms with E-state index in [-0.39, 0.29) is 0 Å². The van der Waals surface area contributed by atoms with Crippen LogP contribution in [0.15, 0.2) is 42.9 Å². The molecule has 2 N–H and O–H groups in total. The zero-order chi connectivity index (χ0) is 15.6. The molecule has 1 saturated heterocycles. The number of anilines is 2. The normalized spacial score (nSPS) is 14.3. The third kappa shape index (κ3) is 2.52. The van der Waals surface area contributed by atoms with Gasteiger partial charge in [-0.3, -0.25) is 4.98 Å². The van der Waals surface area contributed by atoms with Crippen LogP contribution in [0.4, 0.5) is 11.5 Å². The van der Waals surface area contributed by atoms with Crippen LogP contribution < -0.4 is 15.4 Å². The lowest BCUT2D eigenvalue weighted by molar-refractivity contribution is 0.468. The fourth-order valence-corrected chi connectivity index (χ4v) is 2.90. The van der Waals surface area contributed by atoms with Gasteiger partial charge in [0.05, 0.1) is 0 Å². The Morgan fingerprint density at radius 1 is 1.00 bits per heavy atom. The monoisotopic (exact) mass is 307 g/mol. The van der Waals surface area contributed by atoms with E-state index < -0.39 is 0 Å². The van der Waals surface area contributed by atoms with Gasteiger partial charge in [0.1, 0.15) is 17.5 Å². The number of hydrogen-bond acceptors (Lipinski definition) is 6. The summed E-state index contributed by atoms with van der Waals surface area (Å²) in [6.07, 6.45) is 5.56. The van der Waals surface area contributed by atoms with E-state index in [0.717, 1.165) is 42.7 Å². The van der Waals surface area contributed by atoms with Crippen molar-refractivity contribution >= 4 is 22.4 Å². The lowest BCUT2D eigenvalue weighted by atomic mass is 10.2. The SMILES string of the molecule is Nc1c(Oc2cccc3cccnc23)ncnc1N1CCCC1. The van der Waals surface area contributed by atoms with Gasteiger partial charge in [-0.05, 0) is 25.0 Å². The number of rotatable bonds is 3. The van der Waals surface area contributed by atoms with Gasteiger partial charge >= 0.3 is 0 Å². The van der Waals surface area contributed by atoms with Crippen molar-refractivity contribution in [1.82, 2.24) is 15.0 Å². The first kappa shape index (κ1) is 13.8. The lowest BCUT2D eigenvalue weighted by Crippen LogP contribution is -2.20. The minimum atomic E-state index is 0.375. The molecule has 0 radical (unpaired) electrons. The number of nitrogens with two attached hydrogens (primary N) is 1. The predicted molar refractivity (Wildman–Crippen MR) is 89.7 cm³/mol. The van der Waals surface area contributed by atoms with Crippen molar-refractivity contribution in [1.29, 1.82) is 0 Å². The number of benzene rings is 1. The maximum absolute atomic E-state index is 6.24. The molecule has 0 unspecified atom stereocenters. The molecule has 1 aliphatic rings. The molecule has 0 spiro atoms. The first-order valence-electron chi connectivity index (χ1n) is 7.70. The second-order valence-electron chi connectivity index (χ2n) is 5.54. The Balaban J connectivity index is 1.72. The van der Waals surface area contributed by atoms with Gasteiger partial charge in [-0.15, -0.1) is 0 Å². The zero-order valence-electron chi connectivity index (χ0n) is 12.6. The van der Waals surface area contributed by atoms with Crippen LogP contribution in [-0.2, 0) is 0 Å². The molecular weight excluding hydrogens is 290 g/mol. The van der Waals surface area contributed by atoms with Gasteiger partial charge < -0.3 is 15.4 Å². The first-order chi connectivity index (χ1) is 11.3. The molecule has 4 rings (SSSR count). The van der Waals surface area contributed by atoms with Crippen LogP contribution in [0.25, 0.3) is 10.9 Å². The van der Waals surface area contributed by atoms with E-state index in [1.54, 1.807) is 6.20 Å². The molecule has 1 aliphatic heterocycles. The van der Waals surface area contributed by atoms with Gasteiger partial charge in [-0.2, -0.15) is 4.98 Å². The summed E-state index contributed by atoms with van der Waals surface area (Å²) in [6, 6.07) is 9.68. The van der Waals surface area contributed by atoms with E-state index in [1.807, 2.05) is 30.3 Å². The number of nitrogens with zero attached hydrogens (tertiary/aromatic N) is 4. The van der Waals surface area contributed by atoms with E-state index >= 15 is 0 Å². The number of hydrogen-bond donors (Lipinski definition) is 1. The fourth-order valence-electron chi connectivity index (χ4n) is 2.90. The third-order valence-electron chi connectivity index (χ3n) is 4.03. The summed E-state index contributed by atoms with van der Waals surface area (Å²) in [5.74, 6) is 1.77. The van der Waals surface area contributed by atoms with Crippen LogP contribution in [0.5, 0.6) is 11.6 Å². The van der Waals surface area contributed by atoms with E-state index in [2.05, 4.69) is 19.9 Å². The topological polar surface area (TPSA) is 77.2 Å². The van der Waals surface area contributed by atoms with Crippen molar-refractivity contribution in [2.24, 2.45) is 0 Å². The van der Waals surface area contributed by atoms with Gasteiger partial charge in [0.2, 0.25) is 5.88 Å². The minimum absolute atomic E-state index is 0.375. The molecule has 3 aromatic rings. The molecule has 1 fully saturated rings. The molecule has 3 heterocycles. The first-order valence-corrected chi connectivity index (χ1v) is 7.70. The van der Waals surface area contributed by atoms with E-state index in [9.17, 15) is 0 Å². The van der Waals surface area contributed by atoms with Crippen molar-refractivity contribution in [2.45, 2.75) is 12.8 Å². The smallest absolute Gasteiger partial charge is 0.248 e. The number of para-hydroxylation sites is 1. The molecule has 2 aromatic heterocycles. The van der Waals surface area contributed by atoms with Crippen molar-refractivity contribution in [2.75, 3.05) is 23.7 Å². The Bertz CT molecular complexity index is 840. The molecule has 23 heavy (non-hydrogen) atoms. The Morgan fingerprint density at radius 2 is 1.83 bits per heavy atom. The second-order valence-corrected chi connectivity index (χ2v) is 5.54. The zero-order valence-corrected chi connectivity index (χ0v) is 12.6. The number of pyridine rings is 1. The van der Waals surface area contributed by atoms with Crippen LogP contribution >= 0.6 is 0 Å². The maximum Gasteiger partial charge on any atom is 0.248 e.